The summed E-state index contributed by atoms with van der Waals surface area (Å²) >= 11 is 0. The van der Waals surface area contributed by atoms with E-state index in [1.54, 1.807) is 13.0 Å². The van der Waals surface area contributed by atoms with E-state index >= 15 is 0 Å². The van der Waals surface area contributed by atoms with Crippen molar-refractivity contribution >= 4 is 5.69 Å². The highest BCUT2D eigenvalue weighted by Crippen LogP contribution is 2.32. The number of benzene rings is 1. The smallest absolute Gasteiger partial charge is 0.0992 e. The predicted octanol–water partition coefficient (Wildman–Crippen LogP) is 3.48. The van der Waals surface area contributed by atoms with Crippen molar-refractivity contribution in [2.75, 3.05) is 18.0 Å². The molecule has 1 aromatic rings. The Morgan fingerprint density at radius 1 is 1.25 bits per heavy atom. The molecule has 108 valence electrons. The first-order valence-electron chi connectivity index (χ1n) is 7.50. The van der Waals surface area contributed by atoms with E-state index in [4.69, 9.17) is 5.26 Å². The van der Waals surface area contributed by atoms with Gasteiger partial charge in [0.05, 0.1) is 17.7 Å². The van der Waals surface area contributed by atoms with Crippen LogP contribution in [0.15, 0.2) is 18.2 Å². The van der Waals surface area contributed by atoms with E-state index in [9.17, 15) is 5.11 Å². The van der Waals surface area contributed by atoms with Crippen LogP contribution in [0.2, 0.25) is 0 Å². The monoisotopic (exact) mass is 272 g/mol. The number of anilines is 1. The zero-order valence-corrected chi connectivity index (χ0v) is 12.6. The lowest BCUT2D eigenvalue weighted by Crippen LogP contribution is -2.36. The molecule has 1 heterocycles. The first kappa shape index (κ1) is 14.9. The largest absolute Gasteiger partial charge is 0.389 e. The van der Waals surface area contributed by atoms with Gasteiger partial charge in [-0.25, -0.2) is 0 Å². The van der Waals surface area contributed by atoms with Crippen LogP contribution in [0.1, 0.15) is 50.8 Å². The molecule has 0 aliphatic carbocycles. The number of nitrogens with zero attached hydrogens (tertiary/aromatic N) is 2. The van der Waals surface area contributed by atoms with E-state index in [1.807, 2.05) is 12.1 Å². The number of aliphatic hydroxyl groups excluding tert-OH is 1. The van der Waals surface area contributed by atoms with E-state index in [0.29, 0.717) is 5.56 Å². The zero-order chi connectivity index (χ0) is 14.7. The molecule has 0 aromatic heterocycles. The summed E-state index contributed by atoms with van der Waals surface area (Å²) in [6.07, 6.45) is 1.88. The maximum absolute atomic E-state index is 9.93. The Morgan fingerprint density at radius 3 is 2.40 bits per heavy atom. The van der Waals surface area contributed by atoms with Crippen molar-refractivity contribution in [2.24, 2.45) is 11.8 Å². The molecule has 0 spiro atoms. The molecule has 2 rings (SSSR count). The minimum atomic E-state index is -0.499. The van der Waals surface area contributed by atoms with Crippen LogP contribution in [0.3, 0.4) is 0 Å². The molecule has 1 aromatic carbocycles. The standard InChI is InChI=1S/C17H24N2O/c1-12(2)15-6-8-19(9-7-15)17-10-14(11-18)4-5-16(17)13(3)20/h4-5,10,12-13,15,20H,6-9H2,1-3H3/t13-/m1/s1. The van der Waals surface area contributed by atoms with Crippen molar-refractivity contribution in [2.45, 2.75) is 39.7 Å². The summed E-state index contributed by atoms with van der Waals surface area (Å²) in [4.78, 5) is 2.32. The van der Waals surface area contributed by atoms with E-state index < -0.39 is 6.10 Å². The van der Waals surface area contributed by atoms with Gasteiger partial charge in [-0.15, -0.1) is 0 Å². The van der Waals surface area contributed by atoms with E-state index in [0.717, 1.165) is 36.2 Å². The highest BCUT2D eigenvalue weighted by atomic mass is 16.3. The Hall–Kier alpha value is -1.53. The van der Waals surface area contributed by atoms with Crippen LogP contribution in [0.25, 0.3) is 0 Å². The number of rotatable bonds is 3. The maximum atomic E-state index is 9.93. The van der Waals surface area contributed by atoms with E-state index in [2.05, 4.69) is 24.8 Å². The molecule has 1 aliphatic rings. The van der Waals surface area contributed by atoms with Crippen molar-refractivity contribution in [3.05, 3.63) is 29.3 Å². The molecule has 0 bridgehead atoms. The quantitative estimate of drug-likeness (QED) is 0.916. The van der Waals surface area contributed by atoms with Crippen LogP contribution in [0.4, 0.5) is 5.69 Å². The molecule has 0 unspecified atom stereocenters. The lowest BCUT2D eigenvalue weighted by molar-refractivity contribution is 0.199. The van der Waals surface area contributed by atoms with Gasteiger partial charge in [-0.3, -0.25) is 0 Å². The molecule has 0 amide bonds. The lowest BCUT2D eigenvalue weighted by Gasteiger charge is -2.36. The fraction of sp³-hybridized carbons (Fsp3) is 0.588. The van der Waals surface area contributed by atoms with Crippen LogP contribution in [-0.4, -0.2) is 18.2 Å². The Balaban J connectivity index is 2.22. The molecular formula is C17H24N2O. The van der Waals surface area contributed by atoms with Crippen LogP contribution >= 0.6 is 0 Å². The van der Waals surface area contributed by atoms with Crippen LogP contribution < -0.4 is 4.90 Å². The highest BCUT2D eigenvalue weighted by molar-refractivity contribution is 5.58. The first-order chi connectivity index (χ1) is 9.52. The summed E-state index contributed by atoms with van der Waals surface area (Å²) < 4.78 is 0. The summed E-state index contributed by atoms with van der Waals surface area (Å²) in [5.74, 6) is 1.53. The second-order valence-electron chi connectivity index (χ2n) is 6.13. The van der Waals surface area contributed by atoms with Gasteiger partial charge in [0.2, 0.25) is 0 Å². The second-order valence-corrected chi connectivity index (χ2v) is 6.13. The third-order valence-corrected chi connectivity index (χ3v) is 4.43. The summed E-state index contributed by atoms with van der Waals surface area (Å²) in [7, 11) is 0. The molecule has 1 fully saturated rings. The van der Waals surface area contributed by atoms with Gasteiger partial charge >= 0.3 is 0 Å². The first-order valence-corrected chi connectivity index (χ1v) is 7.50. The predicted molar refractivity (Wildman–Crippen MR) is 81.6 cm³/mol. The summed E-state index contributed by atoms with van der Waals surface area (Å²) in [5, 5.41) is 19.0. The van der Waals surface area contributed by atoms with Gasteiger partial charge in [0.15, 0.2) is 0 Å². The van der Waals surface area contributed by atoms with Gasteiger partial charge in [-0.05, 0) is 43.7 Å². The normalized spacial score (nSPS) is 18.1. The van der Waals surface area contributed by atoms with E-state index in [1.165, 1.54) is 12.8 Å². The molecule has 1 saturated heterocycles. The van der Waals surface area contributed by atoms with Crippen molar-refractivity contribution in [3.8, 4) is 6.07 Å². The second kappa shape index (κ2) is 6.28. The molecular weight excluding hydrogens is 248 g/mol. The molecule has 20 heavy (non-hydrogen) atoms. The SMILES string of the molecule is CC(C)C1CCN(c2cc(C#N)ccc2[C@@H](C)O)CC1. The molecule has 1 aliphatic heterocycles. The number of aliphatic hydroxyl groups is 1. The Bertz CT molecular complexity index is 494. The highest BCUT2D eigenvalue weighted by Gasteiger charge is 2.24. The maximum Gasteiger partial charge on any atom is 0.0992 e. The molecule has 1 N–H and O–H groups in total. The Kier molecular flexibility index (Phi) is 4.67. The summed E-state index contributed by atoms with van der Waals surface area (Å²) in [6, 6.07) is 7.77. The minimum Gasteiger partial charge on any atom is -0.389 e. The lowest BCUT2D eigenvalue weighted by atomic mass is 9.86. The summed E-state index contributed by atoms with van der Waals surface area (Å²) in [6.45, 7) is 8.39. The Labute approximate surface area is 121 Å². The number of nitriles is 1. The third kappa shape index (κ3) is 3.13. The van der Waals surface area contributed by atoms with Gasteiger partial charge in [-0.2, -0.15) is 5.26 Å². The van der Waals surface area contributed by atoms with Gasteiger partial charge in [-0.1, -0.05) is 19.9 Å². The van der Waals surface area contributed by atoms with Gasteiger partial charge in [0.1, 0.15) is 0 Å². The molecule has 1 atom stereocenters. The van der Waals surface area contributed by atoms with Crippen LogP contribution in [0, 0.1) is 23.2 Å². The average Bonchev–Trinajstić information content (AvgIpc) is 2.46. The van der Waals surface area contributed by atoms with Gasteiger partial charge in [0, 0.05) is 24.3 Å². The Morgan fingerprint density at radius 2 is 1.90 bits per heavy atom. The van der Waals surface area contributed by atoms with Crippen molar-refractivity contribution < 1.29 is 5.11 Å². The number of piperidine rings is 1. The topological polar surface area (TPSA) is 47.3 Å². The third-order valence-electron chi connectivity index (χ3n) is 4.43. The number of hydrogen-bond donors (Lipinski definition) is 1. The van der Waals surface area contributed by atoms with Crippen LogP contribution in [0.5, 0.6) is 0 Å². The fourth-order valence-corrected chi connectivity index (χ4v) is 3.05. The van der Waals surface area contributed by atoms with Crippen molar-refractivity contribution in [1.29, 1.82) is 5.26 Å². The van der Waals surface area contributed by atoms with Crippen molar-refractivity contribution in [1.82, 2.24) is 0 Å². The minimum absolute atomic E-state index is 0.499. The van der Waals surface area contributed by atoms with Gasteiger partial charge in [0.25, 0.3) is 0 Å². The number of hydrogen-bond acceptors (Lipinski definition) is 3. The molecule has 3 nitrogen and oxygen atoms in total. The zero-order valence-electron chi connectivity index (χ0n) is 12.6. The average molecular weight is 272 g/mol. The molecule has 0 saturated carbocycles. The van der Waals surface area contributed by atoms with Crippen molar-refractivity contribution in [3.63, 3.8) is 0 Å². The summed E-state index contributed by atoms with van der Waals surface area (Å²) in [5.41, 5.74) is 2.61. The van der Waals surface area contributed by atoms with Gasteiger partial charge < -0.3 is 10.0 Å². The molecule has 0 radical (unpaired) electrons. The fourth-order valence-electron chi connectivity index (χ4n) is 3.05. The molecule has 3 heteroatoms. The van der Waals surface area contributed by atoms with E-state index in [-0.39, 0.29) is 0 Å². The van der Waals surface area contributed by atoms with Crippen LogP contribution in [-0.2, 0) is 0 Å².